The van der Waals surface area contributed by atoms with Gasteiger partial charge in [-0.05, 0) is 37.1 Å². The number of fused-ring (bicyclic) bond motifs is 1. The zero-order valence-electron chi connectivity index (χ0n) is 18.0. The lowest BCUT2D eigenvalue weighted by Crippen LogP contribution is -2.28. The Morgan fingerprint density at radius 2 is 1.85 bits per heavy atom. The zero-order valence-corrected chi connectivity index (χ0v) is 18.8. The van der Waals surface area contributed by atoms with Crippen LogP contribution < -0.4 is 15.8 Å². The summed E-state index contributed by atoms with van der Waals surface area (Å²) in [7, 11) is -1.90. The van der Waals surface area contributed by atoms with Gasteiger partial charge in [-0.15, -0.1) is 0 Å². The van der Waals surface area contributed by atoms with Crippen molar-refractivity contribution in [1.82, 2.24) is 19.6 Å². The monoisotopic (exact) mass is 465 g/mol. The van der Waals surface area contributed by atoms with E-state index >= 15 is 0 Å². The van der Waals surface area contributed by atoms with E-state index in [1.807, 2.05) is 0 Å². The first-order chi connectivity index (χ1) is 15.8. The quantitative estimate of drug-likeness (QED) is 0.592. The van der Waals surface area contributed by atoms with Crippen LogP contribution in [0.15, 0.2) is 53.6 Å². The predicted molar refractivity (Wildman–Crippen MR) is 123 cm³/mol. The fraction of sp³-hybridized carbons (Fsp3) is 0.261. The maximum Gasteiger partial charge on any atom is 0.255 e. The summed E-state index contributed by atoms with van der Waals surface area (Å²) < 4.78 is 32.6. The van der Waals surface area contributed by atoms with Crippen LogP contribution in [0.25, 0.3) is 22.5 Å². The largest absolute Gasteiger partial charge is 0.491 e. The number of ether oxygens (including phenoxy) is 1. The molecule has 170 valence electrons. The molecule has 1 fully saturated rings. The molecule has 2 heterocycles. The van der Waals surface area contributed by atoms with Gasteiger partial charge in [-0.2, -0.15) is 4.31 Å². The molecule has 1 aliphatic heterocycles. The van der Waals surface area contributed by atoms with Crippen LogP contribution in [-0.4, -0.2) is 54.8 Å². The second-order valence-corrected chi connectivity index (χ2v) is 10.1. The Bertz CT molecular complexity index is 1340. The normalized spacial score (nSPS) is 16.0. The van der Waals surface area contributed by atoms with Gasteiger partial charge in [0.15, 0.2) is 0 Å². The van der Waals surface area contributed by atoms with E-state index in [4.69, 9.17) is 10.5 Å². The summed E-state index contributed by atoms with van der Waals surface area (Å²) in [5.41, 5.74) is 8.93. The van der Waals surface area contributed by atoms with Crippen molar-refractivity contribution in [3.8, 4) is 28.3 Å². The van der Waals surface area contributed by atoms with Crippen LogP contribution in [0.5, 0.6) is 5.75 Å². The molecule has 1 amide bonds. The fourth-order valence-corrected chi connectivity index (χ4v) is 5.16. The Balaban J connectivity index is 1.47. The summed E-state index contributed by atoms with van der Waals surface area (Å²) in [6.45, 7) is 0.803. The molecule has 0 atom stereocenters. The Labute approximate surface area is 191 Å². The van der Waals surface area contributed by atoms with E-state index in [2.05, 4.69) is 15.3 Å². The highest BCUT2D eigenvalue weighted by Gasteiger charge is 2.35. The molecule has 3 aromatic rings. The number of hydrogen-bond acceptors (Lipinski definition) is 7. The first-order valence-corrected chi connectivity index (χ1v) is 12.0. The van der Waals surface area contributed by atoms with Crippen molar-refractivity contribution in [2.24, 2.45) is 0 Å². The average molecular weight is 466 g/mol. The summed E-state index contributed by atoms with van der Waals surface area (Å²) in [4.78, 5) is 21.3. The average Bonchev–Trinajstić information content (AvgIpc) is 3.68. The highest BCUT2D eigenvalue weighted by atomic mass is 32.2. The standard InChI is InChI=1S/C23H23N5O4S/c1-28(16-5-6-16)33(30,31)17-7-2-14(3-8-17)19-13-26-22(24)21(27-19)15-4-9-18-20(12-15)32-11-10-25-23(18)29/h2-4,7-9,12-13,16H,5-6,10-11H2,1H3,(H2,24,26)(H,25,29). The van der Waals surface area contributed by atoms with Gasteiger partial charge in [-0.1, -0.05) is 18.2 Å². The minimum absolute atomic E-state index is 0.0937. The molecule has 3 N–H and O–H groups in total. The third-order valence-electron chi connectivity index (χ3n) is 5.83. The van der Waals surface area contributed by atoms with Gasteiger partial charge in [-0.25, -0.2) is 18.4 Å². The molecule has 2 aromatic carbocycles. The Morgan fingerprint density at radius 1 is 1.12 bits per heavy atom. The minimum atomic E-state index is -3.52. The highest BCUT2D eigenvalue weighted by Crippen LogP contribution is 2.33. The smallest absolute Gasteiger partial charge is 0.255 e. The van der Waals surface area contributed by atoms with E-state index < -0.39 is 10.0 Å². The van der Waals surface area contributed by atoms with Crippen molar-refractivity contribution < 1.29 is 17.9 Å². The number of rotatable bonds is 5. The van der Waals surface area contributed by atoms with E-state index in [1.54, 1.807) is 55.7 Å². The third kappa shape index (κ3) is 4.03. The van der Waals surface area contributed by atoms with Crippen LogP contribution in [-0.2, 0) is 10.0 Å². The number of nitrogens with two attached hydrogens (primary N) is 1. The number of nitrogen functional groups attached to an aromatic ring is 1. The van der Waals surface area contributed by atoms with E-state index in [1.165, 1.54) is 4.31 Å². The van der Waals surface area contributed by atoms with Crippen molar-refractivity contribution in [1.29, 1.82) is 0 Å². The molecule has 33 heavy (non-hydrogen) atoms. The van der Waals surface area contributed by atoms with E-state index in [-0.39, 0.29) is 22.7 Å². The number of carbonyl (C=O) groups is 1. The zero-order chi connectivity index (χ0) is 23.2. The number of anilines is 1. The number of amides is 1. The summed E-state index contributed by atoms with van der Waals surface area (Å²) in [6, 6.07) is 11.8. The lowest BCUT2D eigenvalue weighted by atomic mass is 10.1. The second kappa shape index (κ2) is 8.13. The van der Waals surface area contributed by atoms with Crippen molar-refractivity contribution in [2.45, 2.75) is 23.8 Å². The first kappa shape index (κ1) is 21.4. The van der Waals surface area contributed by atoms with Crippen LogP contribution in [0.3, 0.4) is 0 Å². The van der Waals surface area contributed by atoms with E-state index in [0.29, 0.717) is 47.0 Å². The Kier molecular flexibility index (Phi) is 5.26. The SMILES string of the molecule is CN(C1CC1)S(=O)(=O)c1ccc(-c2cnc(N)c(-c3ccc4c(c3)OCCNC4=O)n2)cc1. The fourth-order valence-electron chi connectivity index (χ4n) is 3.75. The summed E-state index contributed by atoms with van der Waals surface area (Å²) in [5.74, 6) is 0.509. The number of nitrogens with one attached hydrogen (secondary N) is 1. The third-order valence-corrected chi connectivity index (χ3v) is 7.76. The molecule has 0 bridgehead atoms. The maximum absolute atomic E-state index is 12.8. The van der Waals surface area contributed by atoms with E-state index in [9.17, 15) is 13.2 Å². The van der Waals surface area contributed by atoms with Gasteiger partial charge >= 0.3 is 0 Å². The number of benzene rings is 2. The molecule has 9 nitrogen and oxygen atoms in total. The van der Waals surface area contributed by atoms with Crippen LogP contribution >= 0.6 is 0 Å². The van der Waals surface area contributed by atoms with Crippen molar-refractivity contribution in [3.05, 3.63) is 54.2 Å². The van der Waals surface area contributed by atoms with Gasteiger partial charge in [0.1, 0.15) is 23.9 Å². The maximum atomic E-state index is 12.8. The van der Waals surface area contributed by atoms with Gasteiger partial charge in [0.05, 0.1) is 28.9 Å². The van der Waals surface area contributed by atoms with Crippen LogP contribution in [0, 0.1) is 0 Å². The highest BCUT2D eigenvalue weighted by molar-refractivity contribution is 7.89. The molecule has 1 saturated carbocycles. The Hall–Kier alpha value is -3.50. The minimum Gasteiger partial charge on any atom is -0.491 e. The van der Waals surface area contributed by atoms with Crippen LogP contribution in [0.1, 0.15) is 23.2 Å². The van der Waals surface area contributed by atoms with Gasteiger partial charge in [0.2, 0.25) is 10.0 Å². The van der Waals surface area contributed by atoms with Crippen molar-refractivity contribution in [3.63, 3.8) is 0 Å². The first-order valence-electron chi connectivity index (χ1n) is 10.6. The molecular formula is C23H23N5O4S. The molecule has 0 saturated heterocycles. The lowest BCUT2D eigenvalue weighted by molar-refractivity contribution is 0.0957. The number of nitrogens with zero attached hydrogens (tertiary/aromatic N) is 3. The van der Waals surface area contributed by atoms with Crippen molar-refractivity contribution >= 4 is 21.7 Å². The molecule has 0 spiro atoms. The number of carbonyl (C=O) groups excluding carboxylic acids is 1. The molecule has 1 aliphatic carbocycles. The molecule has 1 aromatic heterocycles. The summed E-state index contributed by atoms with van der Waals surface area (Å²) >= 11 is 0. The number of aromatic nitrogens is 2. The van der Waals surface area contributed by atoms with Crippen LogP contribution in [0.4, 0.5) is 5.82 Å². The lowest BCUT2D eigenvalue weighted by Gasteiger charge is -2.16. The van der Waals surface area contributed by atoms with Gasteiger partial charge < -0.3 is 15.8 Å². The number of sulfonamides is 1. The predicted octanol–water partition coefficient (Wildman–Crippen LogP) is 2.30. The number of hydrogen-bond donors (Lipinski definition) is 2. The molecule has 0 radical (unpaired) electrons. The molecular weight excluding hydrogens is 442 g/mol. The van der Waals surface area contributed by atoms with Crippen LogP contribution in [0.2, 0.25) is 0 Å². The van der Waals surface area contributed by atoms with Gasteiger partial charge in [0, 0.05) is 24.2 Å². The summed E-state index contributed by atoms with van der Waals surface area (Å²) in [6.07, 6.45) is 3.35. The van der Waals surface area contributed by atoms with Gasteiger partial charge in [-0.3, -0.25) is 4.79 Å². The summed E-state index contributed by atoms with van der Waals surface area (Å²) in [5, 5.41) is 2.77. The molecule has 2 aliphatic rings. The topological polar surface area (TPSA) is 128 Å². The molecule has 10 heteroatoms. The second-order valence-electron chi connectivity index (χ2n) is 8.08. The van der Waals surface area contributed by atoms with Gasteiger partial charge in [0.25, 0.3) is 5.91 Å². The molecule has 0 unspecified atom stereocenters. The van der Waals surface area contributed by atoms with Crippen molar-refractivity contribution in [2.75, 3.05) is 25.9 Å². The van der Waals surface area contributed by atoms with E-state index in [0.717, 1.165) is 12.8 Å². The molecule has 5 rings (SSSR count). The Morgan fingerprint density at radius 3 is 2.58 bits per heavy atom.